The Kier molecular flexibility index (Phi) is 7.48. The maximum atomic E-state index is 13.4. The summed E-state index contributed by atoms with van der Waals surface area (Å²) < 4.78 is 32.0. The summed E-state index contributed by atoms with van der Waals surface area (Å²) in [5.74, 6) is 0.299. The molecule has 10 heteroatoms. The summed E-state index contributed by atoms with van der Waals surface area (Å²) in [6.45, 7) is 3.67. The number of anilines is 2. The standard InChI is InChI=1S/C27H32N4O4S2/c1-17(2)35-27(32)31-19-7-5-18(6-8-19)26-29-16-24(36-26)23-12-9-20(30-21-4-3-13-28-15-21)14-25(23)37(33,34)22-10-11-22/h3-4,9,12-19,22,30H,5-8,10-11H2,1-2H3,(H,31,32)/t18-,19-. The van der Waals surface area contributed by atoms with Crippen molar-refractivity contribution in [3.63, 3.8) is 0 Å². The molecule has 3 aromatic rings. The third-order valence-corrected chi connectivity index (χ3v) is 10.2. The van der Waals surface area contributed by atoms with E-state index >= 15 is 0 Å². The summed E-state index contributed by atoms with van der Waals surface area (Å²) in [7, 11) is -3.43. The van der Waals surface area contributed by atoms with E-state index in [-0.39, 0.29) is 23.5 Å². The van der Waals surface area contributed by atoms with Gasteiger partial charge in [0.25, 0.3) is 0 Å². The van der Waals surface area contributed by atoms with Gasteiger partial charge in [-0.15, -0.1) is 11.3 Å². The van der Waals surface area contributed by atoms with Crippen LogP contribution in [0.2, 0.25) is 0 Å². The molecule has 1 amide bonds. The second-order valence-corrected chi connectivity index (χ2v) is 13.3. The summed E-state index contributed by atoms with van der Waals surface area (Å²) in [4.78, 5) is 22.0. The van der Waals surface area contributed by atoms with Crippen LogP contribution in [-0.2, 0) is 14.6 Å². The minimum absolute atomic E-state index is 0.108. The summed E-state index contributed by atoms with van der Waals surface area (Å²) in [6, 6.07) is 9.36. The first-order valence-corrected chi connectivity index (χ1v) is 15.1. The van der Waals surface area contributed by atoms with Gasteiger partial charge in [0, 0.05) is 35.6 Å². The van der Waals surface area contributed by atoms with Gasteiger partial charge in [-0.25, -0.2) is 18.2 Å². The summed E-state index contributed by atoms with van der Waals surface area (Å²) in [5, 5.41) is 6.93. The van der Waals surface area contributed by atoms with Crippen molar-refractivity contribution < 1.29 is 17.9 Å². The summed E-state index contributed by atoms with van der Waals surface area (Å²) in [6.07, 6.45) is 9.68. The van der Waals surface area contributed by atoms with Crippen molar-refractivity contribution in [1.82, 2.24) is 15.3 Å². The maximum absolute atomic E-state index is 13.4. The number of rotatable bonds is 8. The first-order chi connectivity index (χ1) is 17.8. The molecule has 0 radical (unpaired) electrons. The largest absolute Gasteiger partial charge is 0.447 e. The van der Waals surface area contributed by atoms with Gasteiger partial charge in [-0.1, -0.05) is 6.07 Å². The van der Waals surface area contributed by atoms with Crippen LogP contribution in [0.4, 0.5) is 16.2 Å². The van der Waals surface area contributed by atoms with Crippen LogP contribution in [0.15, 0.2) is 53.8 Å². The molecule has 196 valence electrons. The number of hydrogen-bond donors (Lipinski definition) is 2. The highest BCUT2D eigenvalue weighted by molar-refractivity contribution is 7.92. The molecule has 2 fully saturated rings. The Morgan fingerprint density at radius 2 is 1.84 bits per heavy atom. The van der Waals surface area contributed by atoms with Crippen LogP contribution in [0.5, 0.6) is 0 Å². The number of pyridine rings is 1. The lowest BCUT2D eigenvalue weighted by atomic mass is 9.86. The summed E-state index contributed by atoms with van der Waals surface area (Å²) in [5.41, 5.74) is 2.22. The monoisotopic (exact) mass is 540 g/mol. The zero-order valence-corrected chi connectivity index (χ0v) is 22.6. The van der Waals surface area contributed by atoms with E-state index in [1.54, 1.807) is 36.0 Å². The SMILES string of the molecule is CC(C)OC(=O)N[C@H]1CC[C@H](c2ncc(-c3ccc(Nc4cccnc4)cc3S(=O)(=O)C3CC3)s2)CC1. The first kappa shape index (κ1) is 25.7. The van der Waals surface area contributed by atoms with E-state index in [1.807, 2.05) is 38.1 Å². The minimum Gasteiger partial charge on any atom is -0.447 e. The predicted molar refractivity (Wildman–Crippen MR) is 145 cm³/mol. The molecule has 2 N–H and O–H groups in total. The number of aromatic nitrogens is 2. The number of ether oxygens (including phenoxy) is 1. The van der Waals surface area contributed by atoms with Crippen LogP contribution in [0.25, 0.3) is 10.4 Å². The van der Waals surface area contributed by atoms with Crippen molar-refractivity contribution in [3.05, 3.63) is 53.9 Å². The maximum Gasteiger partial charge on any atom is 0.407 e. The molecular formula is C27H32N4O4S2. The van der Waals surface area contributed by atoms with Gasteiger partial charge in [0.15, 0.2) is 9.84 Å². The lowest BCUT2D eigenvalue weighted by Crippen LogP contribution is -2.38. The van der Waals surface area contributed by atoms with Crippen LogP contribution >= 0.6 is 11.3 Å². The van der Waals surface area contributed by atoms with Gasteiger partial charge >= 0.3 is 6.09 Å². The molecule has 37 heavy (non-hydrogen) atoms. The molecule has 5 rings (SSSR count). The second kappa shape index (κ2) is 10.8. The molecule has 0 spiro atoms. The number of hydrogen-bond acceptors (Lipinski definition) is 8. The fraction of sp³-hybridized carbons (Fsp3) is 0.444. The normalized spacial score (nSPS) is 20.0. The van der Waals surface area contributed by atoms with Crippen molar-refractivity contribution in [1.29, 1.82) is 0 Å². The highest BCUT2D eigenvalue weighted by Crippen LogP contribution is 2.43. The first-order valence-electron chi connectivity index (χ1n) is 12.8. The Labute approximate surface area is 221 Å². The lowest BCUT2D eigenvalue weighted by molar-refractivity contribution is 0.109. The molecule has 0 atom stereocenters. The topological polar surface area (TPSA) is 110 Å². The second-order valence-electron chi connectivity index (χ2n) is 10.0. The lowest BCUT2D eigenvalue weighted by Gasteiger charge is -2.28. The number of amides is 1. The number of sulfone groups is 1. The van der Waals surface area contributed by atoms with Crippen molar-refractivity contribution in [2.75, 3.05) is 5.32 Å². The predicted octanol–water partition coefficient (Wildman–Crippen LogP) is 6.05. The number of nitrogens with zero attached hydrogens (tertiary/aromatic N) is 2. The van der Waals surface area contributed by atoms with Gasteiger partial charge in [-0.05, 0) is 76.6 Å². The molecule has 1 aromatic carbocycles. The molecule has 2 aromatic heterocycles. The van der Waals surface area contributed by atoms with Gasteiger partial charge in [-0.2, -0.15) is 0 Å². The van der Waals surface area contributed by atoms with Gasteiger partial charge in [0.05, 0.1) is 38.0 Å². The number of alkyl carbamates (subject to hydrolysis) is 1. The van der Waals surface area contributed by atoms with E-state index < -0.39 is 9.84 Å². The molecule has 0 aliphatic heterocycles. The Morgan fingerprint density at radius 3 is 2.51 bits per heavy atom. The number of benzene rings is 1. The van der Waals surface area contributed by atoms with Gasteiger partial charge < -0.3 is 15.4 Å². The van der Waals surface area contributed by atoms with Crippen LogP contribution in [-0.4, -0.2) is 41.9 Å². The van der Waals surface area contributed by atoms with Crippen LogP contribution in [0.3, 0.4) is 0 Å². The Balaban J connectivity index is 1.33. The van der Waals surface area contributed by atoms with Crippen molar-refractivity contribution in [2.24, 2.45) is 0 Å². The van der Waals surface area contributed by atoms with E-state index in [2.05, 4.69) is 15.6 Å². The Morgan fingerprint density at radius 1 is 1.05 bits per heavy atom. The highest BCUT2D eigenvalue weighted by atomic mass is 32.2. The smallest absolute Gasteiger partial charge is 0.407 e. The average molecular weight is 541 g/mol. The average Bonchev–Trinajstić information content (AvgIpc) is 3.63. The Bertz CT molecular complexity index is 1350. The number of carbonyl (C=O) groups is 1. The Hall–Kier alpha value is -2.98. The fourth-order valence-corrected chi connectivity index (χ4v) is 7.78. The number of thiazole rings is 1. The van der Waals surface area contributed by atoms with Crippen molar-refractivity contribution in [3.8, 4) is 10.4 Å². The zero-order chi connectivity index (χ0) is 26.0. The molecule has 0 saturated heterocycles. The minimum atomic E-state index is -3.43. The highest BCUT2D eigenvalue weighted by Gasteiger charge is 2.38. The third kappa shape index (κ3) is 6.13. The molecule has 0 unspecified atom stereocenters. The zero-order valence-electron chi connectivity index (χ0n) is 21.0. The summed E-state index contributed by atoms with van der Waals surface area (Å²) >= 11 is 1.57. The van der Waals surface area contributed by atoms with Crippen LogP contribution in [0.1, 0.15) is 63.3 Å². The number of nitrogens with one attached hydrogen (secondary N) is 2. The molecule has 8 nitrogen and oxygen atoms in total. The van der Waals surface area contributed by atoms with Crippen LogP contribution in [0, 0.1) is 0 Å². The fourth-order valence-electron chi connectivity index (χ4n) is 4.70. The van der Waals surface area contributed by atoms with Crippen LogP contribution < -0.4 is 10.6 Å². The van der Waals surface area contributed by atoms with E-state index in [0.29, 0.717) is 34.9 Å². The van der Waals surface area contributed by atoms with E-state index in [0.717, 1.165) is 41.3 Å². The van der Waals surface area contributed by atoms with Crippen molar-refractivity contribution >= 4 is 38.6 Å². The van der Waals surface area contributed by atoms with E-state index in [4.69, 9.17) is 9.72 Å². The molecule has 2 aliphatic rings. The molecule has 2 heterocycles. The quantitative estimate of drug-likeness (QED) is 0.358. The molecule has 2 saturated carbocycles. The van der Waals surface area contributed by atoms with Gasteiger partial charge in [0.2, 0.25) is 0 Å². The van der Waals surface area contributed by atoms with Gasteiger partial charge in [0.1, 0.15) is 0 Å². The third-order valence-electron chi connectivity index (χ3n) is 6.73. The molecule has 2 aliphatic carbocycles. The van der Waals surface area contributed by atoms with Gasteiger partial charge in [-0.3, -0.25) is 4.98 Å². The van der Waals surface area contributed by atoms with Crippen molar-refractivity contribution in [2.45, 2.75) is 80.6 Å². The molecular weight excluding hydrogens is 508 g/mol. The number of carbonyl (C=O) groups excluding carboxylic acids is 1. The van der Waals surface area contributed by atoms with E-state index in [1.165, 1.54) is 0 Å². The van der Waals surface area contributed by atoms with E-state index in [9.17, 15) is 13.2 Å². The molecule has 0 bridgehead atoms.